The number of carbonyl (C=O) groups is 3. The number of aliphatic hydroxyl groups is 1. The summed E-state index contributed by atoms with van der Waals surface area (Å²) in [5.74, 6) is -2.65. The summed E-state index contributed by atoms with van der Waals surface area (Å²) in [5.41, 5.74) is 0.450. The first-order valence-electron chi connectivity index (χ1n) is 11.0. The lowest BCUT2D eigenvalue weighted by Crippen LogP contribution is -2.51. The molecule has 9 heteroatoms. The van der Waals surface area contributed by atoms with Gasteiger partial charge in [-0.25, -0.2) is 4.79 Å². The Morgan fingerprint density at radius 2 is 1.72 bits per heavy atom. The van der Waals surface area contributed by atoms with Gasteiger partial charge in [0.05, 0.1) is 6.04 Å². The quantitative estimate of drug-likeness (QED) is 0.652. The molecule has 32 heavy (non-hydrogen) atoms. The van der Waals surface area contributed by atoms with Crippen LogP contribution in [0, 0.1) is 0 Å². The van der Waals surface area contributed by atoms with Crippen LogP contribution in [-0.4, -0.2) is 59.2 Å². The Balaban J connectivity index is 1.58. The fraction of sp³-hybridized carbons (Fsp3) is 0.609. The molecule has 6 atom stereocenters. The van der Waals surface area contributed by atoms with Gasteiger partial charge in [-0.3, -0.25) is 9.59 Å². The van der Waals surface area contributed by atoms with Crippen LogP contribution in [0.2, 0.25) is 0 Å². The van der Waals surface area contributed by atoms with Gasteiger partial charge in [0, 0.05) is 32.3 Å². The molecular formula is C23H29NO8. The van der Waals surface area contributed by atoms with Crippen LogP contribution >= 0.6 is 0 Å². The van der Waals surface area contributed by atoms with Crippen LogP contribution in [0.5, 0.6) is 0 Å². The van der Waals surface area contributed by atoms with Gasteiger partial charge in [-0.1, -0.05) is 36.8 Å². The molecule has 1 amide bonds. The third-order valence-electron chi connectivity index (χ3n) is 6.25. The molecule has 4 rings (SSSR count). The molecule has 1 spiro atoms. The number of nitrogens with one attached hydrogen (secondary N) is 1. The standard InChI is InChI=1S/C23H29NO8/c1-13(25)24-16-17(27)20-21(32-23(31-20)11-7-4-8-12-23)19(16)30-22(28)18(29-14(2)26)15-9-5-3-6-10-15/h3,5-6,9-10,16-21,27H,4,7-8,11-12H2,1-2H3,(H,24,25)/t16-,17+,18-,19-,20+,21-/m0/s1. The summed E-state index contributed by atoms with van der Waals surface area (Å²) in [7, 11) is 0. The Kier molecular flexibility index (Phi) is 6.50. The van der Waals surface area contributed by atoms with E-state index in [4.69, 9.17) is 18.9 Å². The maximum Gasteiger partial charge on any atom is 0.352 e. The van der Waals surface area contributed by atoms with E-state index in [2.05, 4.69) is 5.32 Å². The summed E-state index contributed by atoms with van der Waals surface area (Å²) < 4.78 is 23.4. The first-order valence-corrected chi connectivity index (χ1v) is 11.0. The zero-order valence-electron chi connectivity index (χ0n) is 18.2. The third kappa shape index (κ3) is 4.51. The summed E-state index contributed by atoms with van der Waals surface area (Å²) >= 11 is 0. The zero-order valence-corrected chi connectivity index (χ0v) is 18.2. The van der Waals surface area contributed by atoms with Gasteiger partial charge in [0.15, 0.2) is 11.9 Å². The largest absolute Gasteiger partial charge is 0.454 e. The minimum absolute atomic E-state index is 0.387. The molecule has 2 saturated carbocycles. The average Bonchev–Trinajstić information content (AvgIpc) is 3.22. The van der Waals surface area contributed by atoms with Crippen molar-refractivity contribution in [2.24, 2.45) is 0 Å². The molecule has 1 aromatic carbocycles. The van der Waals surface area contributed by atoms with Crippen LogP contribution in [0.15, 0.2) is 30.3 Å². The SMILES string of the molecule is CC(=O)N[C@H]1[C@@H](O)[C@H]2OC3(CCCCC3)O[C@H]2[C@H]1OC(=O)[C@@H](OC(C)=O)c1ccccc1. The second-order valence-corrected chi connectivity index (χ2v) is 8.65. The highest BCUT2D eigenvalue weighted by Gasteiger charge is 2.63. The van der Waals surface area contributed by atoms with Gasteiger partial charge in [0.1, 0.15) is 18.3 Å². The smallest absolute Gasteiger partial charge is 0.352 e. The molecule has 2 N–H and O–H groups in total. The summed E-state index contributed by atoms with van der Waals surface area (Å²) in [6.45, 7) is 2.52. The highest BCUT2D eigenvalue weighted by Crippen LogP contribution is 2.46. The van der Waals surface area contributed by atoms with Gasteiger partial charge < -0.3 is 29.4 Å². The summed E-state index contributed by atoms with van der Waals surface area (Å²) in [6.07, 6.45) is -0.550. The van der Waals surface area contributed by atoms with Crippen molar-refractivity contribution in [3.8, 4) is 0 Å². The van der Waals surface area contributed by atoms with E-state index in [1.807, 2.05) is 0 Å². The van der Waals surface area contributed by atoms with Crippen molar-refractivity contribution in [1.29, 1.82) is 0 Å². The van der Waals surface area contributed by atoms with E-state index in [0.29, 0.717) is 18.4 Å². The van der Waals surface area contributed by atoms with Gasteiger partial charge in [0.25, 0.3) is 0 Å². The monoisotopic (exact) mass is 447 g/mol. The fourth-order valence-corrected chi connectivity index (χ4v) is 4.89. The van der Waals surface area contributed by atoms with E-state index in [1.165, 1.54) is 13.8 Å². The Bertz CT molecular complexity index is 853. The summed E-state index contributed by atoms with van der Waals surface area (Å²) in [6, 6.07) is 7.60. The molecule has 3 aliphatic rings. The maximum absolute atomic E-state index is 13.1. The molecule has 1 aliphatic heterocycles. The number of fused-ring (bicyclic) bond motifs is 1. The first-order chi connectivity index (χ1) is 15.3. The predicted octanol–water partition coefficient (Wildman–Crippen LogP) is 1.53. The van der Waals surface area contributed by atoms with Gasteiger partial charge in [0.2, 0.25) is 12.0 Å². The van der Waals surface area contributed by atoms with Crippen LogP contribution in [0.4, 0.5) is 0 Å². The Morgan fingerprint density at radius 1 is 1.06 bits per heavy atom. The lowest BCUT2D eigenvalue weighted by Gasteiger charge is -2.35. The molecule has 0 radical (unpaired) electrons. The van der Waals surface area contributed by atoms with E-state index in [1.54, 1.807) is 30.3 Å². The molecule has 1 heterocycles. The average molecular weight is 447 g/mol. The molecule has 3 fully saturated rings. The predicted molar refractivity (Wildman–Crippen MR) is 110 cm³/mol. The molecule has 2 aliphatic carbocycles. The molecule has 0 aromatic heterocycles. The van der Waals surface area contributed by atoms with Crippen molar-refractivity contribution >= 4 is 17.8 Å². The van der Waals surface area contributed by atoms with Crippen LogP contribution in [-0.2, 0) is 33.3 Å². The number of amides is 1. The van der Waals surface area contributed by atoms with E-state index in [9.17, 15) is 19.5 Å². The molecular weight excluding hydrogens is 418 g/mol. The van der Waals surface area contributed by atoms with E-state index < -0.39 is 54.3 Å². The van der Waals surface area contributed by atoms with Gasteiger partial charge in [-0.05, 0) is 12.8 Å². The van der Waals surface area contributed by atoms with Crippen molar-refractivity contribution in [3.05, 3.63) is 35.9 Å². The van der Waals surface area contributed by atoms with E-state index in [-0.39, 0.29) is 5.91 Å². The van der Waals surface area contributed by atoms with Crippen LogP contribution in [0.3, 0.4) is 0 Å². The highest BCUT2D eigenvalue weighted by atomic mass is 16.8. The lowest BCUT2D eigenvalue weighted by atomic mass is 9.94. The van der Waals surface area contributed by atoms with E-state index in [0.717, 1.165) is 19.3 Å². The lowest BCUT2D eigenvalue weighted by molar-refractivity contribution is -0.220. The van der Waals surface area contributed by atoms with Crippen molar-refractivity contribution in [1.82, 2.24) is 5.32 Å². The van der Waals surface area contributed by atoms with Crippen LogP contribution in [0.1, 0.15) is 57.6 Å². The molecule has 1 saturated heterocycles. The second-order valence-electron chi connectivity index (χ2n) is 8.65. The second kappa shape index (κ2) is 9.17. The van der Waals surface area contributed by atoms with Crippen molar-refractivity contribution < 1.29 is 38.4 Å². The number of carbonyl (C=O) groups excluding carboxylic acids is 3. The van der Waals surface area contributed by atoms with E-state index >= 15 is 0 Å². The van der Waals surface area contributed by atoms with Crippen LogP contribution < -0.4 is 5.32 Å². The van der Waals surface area contributed by atoms with Crippen molar-refractivity contribution in [2.75, 3.05) is 0 Å². The number of esters is 2. The molecule has 174 valence electrons. The summed E-state index contributed by atoms with van der Waals surface area (Å²) in [5, 5.41) is 13.6. The minimum atomic E-state index is -1.28. The van der Waals surface area contributed by atoms with Crippen LogP contribution in [0.25, 0.3) is 0 Å². The molecule has 1 aromatic rings. The first kappa shape index (κ1) is 22.7. The Labute approximate surface area is 186 Å². The number of benzene rings is 1. The minimum Gasteiger partial charge on any atom is -0.454 e. The number of hydrogen-bond acceptors (Lipinski definition) is 8. The number of rotatable bonds is 5. The topological polar surface area (TPSA) is 120 Å². The molecule has 0 bridgehead atoms. The van der Waals surface area contributed by atoms with Crippen molar-refractivity contribution in [2.45, 2.75) is 88.3 Å². The Hall–Kier alpha value is -2.49. The normalized spacial score (nSPS) is 31.5. The summed E-state index contributed by atoms with van der Waals surface area (Å²) in [4.78, 5) is 36.6. The number of ether oxygens (including phenoxy) is 4. The fourth-order valence-electron chi connectivity index (χ4n) is 4.89. The Morgan fingerprint density at radius 3 is 2.34 bits per heavy atom. The molecule has 9 nitrogen and oxygen atoms in total. The zero-order chi connectivity index (χ0) is 22.9. The third-order valence-corrected chi connectivity index (χ3v) is 6.25. The van der Waals surface area contributed by atoms with Gasteiger partial charge >= 0.3 is 11.9 Å². The molecule has 0 unspecified atom stereocenters. The highest BCUT2D eigenvalue weighted by molar-refractivity contribution is 5.80. The number of aliphatic hydroxyl groups excluding tert-OH is 1. The number of hydrogen-bond donors (Lipinski definition) is 2. The van der Waals surface area contributed by atoms with Gasteiger partial charge in [-0.2, -0.15) is 0 Å². The van der Waals surface area contributed by atoms with Gasteiger partial charge in [-0.15, -0.1) is 0 Å². The van der Waals surface area contributed by atoms with Crippen molar-refractivity contribution in [3.63, 3.8) is 0 Å². The maximum atomic E-state index is 13.1.